The predicted molar refractivity (Wildman–Crippen MR) is 106 cm³/mol. The van der Waals surface area contributed by atoms with Gasteiger partial charge in [-0.15, -0.1) is 11.3 Å². The Bertz CT molecular complexity index is 955. The fraction of sp³-hybridized carbons (Fsp3) is 0.333. The number of fused-ring (bicyclic) bond motifs is 1. The average molecular weight is 440 g/mol. The molecule has 2 heterocycles. The molecule has 0 radical (unpaired) electrons. The molecule has 1 atom stereocenters. The zero-order valence-electron chi connectivity index (χ0n) is 14.8. The van der Waals surface area contributed by atoms with Crippen LogP contribution in [0.25, 0.3) is 10.2 Å². The number of aromatic nitrogens is 2. The Hall–Kier alpha value is -1.77. The van der Waals surface area contributed by atoms with Gasteiger partial charge in [-0.25, -0.2) is 14.4 Å². The molecule has 0 bridgehead atoms. The molecule has 138 valence electrons. The second-order valence-corrected chi connectivity index (χ2v) is 8.90. The van der Waals surface area contributed by atoms with Gasteiger partial charge in [0.15, 0.2) is 0 Å². The summed E-state index contributed by atoms with van der Waals surface area (Å²) in [5.41, 5.74) is 0.521. The van der Waals surface area contributed by atoms with Crippen LogP contribution in [0.15, 0.2) is 28.3 Å². The van der Waals surface area contributed by atoms with Gasteiger partial charge in [-0.2, -0.15) is 0 Å². The average Bonchev–Trinajstić information content (AvgIpc) is 2.84. The number of aryl methyl sites for hydroxylation is 1. The molecule has 5 nitrogen and oxygen atoms in total. The molecule has 0 saturated carbocycles. The van der Waals surface area contributed by atoms with E-state index in [1.165, 1.54) is 29.8 Å². The van der Waals surface area contributed by atoms with Crippen LogP contribution in [-0.2, 0) is 0 Å². The number of hydrogen-bond donors (Lipinski definition) is 2. The van der Waals surface area contributed by atoms with E-state index in [1.807, 2.05) is 6.92 Å². The summed E-state index contributed by atoms with van der Waals surface area (Å²) in [5, 5.41) is 14.2. The third-order valence-electron chi connectivity index (χ3n) is 4.16. The maximum absolute atomic E-state index is 13.8. The minimum atomic E-state index is -1.07. The van der Waals surface area contributed by atoms with Gasteiger partial charge in [0, 0.05) is 6.07 Å². The Morgan fingerprint density at radius 2 is 2.08 bits per heavy atom. The molecular formula is C18H19BrFN3O2S. The standard InChI is InChI=1S/C18H19BrFN3O2S/c1-9-14-16(21-8-22-17(14)26-15(9)19)23-12-6-5-11(20)7-13(12)25-10(2)18(3,4)24/h5-8,10,24H,1-4H3,(H,21,22,23). The van der Waals surface area contributed by atoms with Crippen molar-refractivity contribution in [1.82, 2.24) is 9.97 Å². The lowest BCUT2D eigenvalue weighted by Gasteiger charge is -2.27. The number of aliphatic hydroxyl groups is 1. The molecular weight excluding hydrogens is 421 g/mol. The number of hydrogen-bond acceptors (Lipinski definition) is 6. The van der Waals surface area contributed by atoms with E-state index in [0.717, 1.165) is 19.6 Å². The lowest BCUT2D eigenvalue weighted by molar-refractivity contribution is -0.0239. The van der Waals surface area contributed by atoms with Crippen LogP contribution in [0.3, 0.4) is 0 Å². The van der Waals surface area contributed by atoms with Crippen LogP contribution in [0.2, 0.25) is 0 Å². The van der Waals surface area contributed by atoms with Gasteiger partial charge in [0.1, 0.15) is 34.6 Å². The molecule has 26 heavy (non-hydrogen) atoms. The zero-order valence-corrected chi connectivity index (χ0v) is 17.2. The summed E-state index contributed by atoms with van der Waals surface area (Å²) < 4.78 is 20.5. The zero-order chi connectivity index (χ0) is 19.1. The van der Waals surface area contributed by atoms with Crippen molar-refractivity contribution in [3.05, 3.63) is 39.7 Å². The van der Waals surface area contributed by atoms with E-state index in [2.05, 4.69) is 31.2 Å². The first-order chi connectivity index (χ1) is 12.2. The minimum absolute atomic E-state index is 0.304. The first-order valence-corrected chi connectivity index (χ1v) is 9.63. The number of ether oxygens (including phenoxy) is 1. The van der Waals surface area contributed by atoms with Crippen LogP contribution in [-0.4, -0.2) is 26.8 Å². The van der Waals surface area contributed by atoms with Gasteiger partial charge in [0.05, 0.1) is 20.5 Å². The first-order valence-electron chi connectivity index (χ1n) is 8.02. The normalized spacial score (nSPS) is 13.0. The molecule has 0 fully saturated rings. The van der Waals surface area contributed by atoms with Gasteiger partial charge in [-0.1, -0.05) is 0 Å². The quantitative estimate of drug-likeness (QED) is 0.572. The van der Waals surface area contributed by atoms with Gasteiger partial charge in [-0.3, -0.25) is 0 Å². The number of nitrogens with one attached hydrogen (secondary N) is 1. The molecule has 3 rings (SSSR count). The number of nitrogens with zero attached hydrogens (tertiary/aromatic N) is 2. The van der Waals surface area contributed by atoms with Crippen LogP contribution in [0.4, 0.5) is 15.9 Å². The van der Waals surface area contributed by atoms with Crippen molar-refractivity contribution >= 4 is 49.0 Å². The summed E-state index contributed by atoms with van der Waals surface area (Å²) in [4.78, 5) is 9.48. The van der Waals surface area contributed by atoms with Crippen LogP contribution >= 0.6 is 27.3 Å². The Morgan fingerprint density at radius 3 is 2.77 bits per heavy atom. The highest BCUT2D eigenvalue weighted by Crippen LogP contribution is 2.39. The molecule has 2 N–H and O–H groups in total. The molecule has 3 aromatic rings. The molecule has 0 aliphatic heterocycles. The molecule has 1 unspecified atom stereocenters. The smallest absolute Gasteiger partial charge is 0.146 e. The second kappa shape index (κ2) is 7.09. The van der Waals surface area contributed by atoms with Crippen LogP contribution in [0.5, 0.6) is 5.75 Å². The summed E-state index contributed by atoms with van der Waals surface area (Å²) in [6.45, 7) is 7.00. The highest BCUT2D eigenvalue weighted by Gasteiger charge is 2.25. The molecule has 0 aliphatic carbocycles. The van der Waals surface area contributed by atoms with Gasteiger partial charge in [0.25, 0.3) is 0 Å². The molecule has 0 aliphatic rings. The third-order valence-corrected chi connectivity index (χ3v) is 6.23. The van der Waals surface area contributed by atoms with Gasteiger partial charge < -0.3 is 15.2 Å². The lowest BCUT2D eigenvalue weighted by atomic mass is 10.0. The van der Waals surface area contributed by atoms with Gasteiger partial charge in [0.2, 0.25) is 0 Å². The largest absolute Gasteiger partial charge is 0.485 e. The van der Waals surface area contributed by atoms with E-state index in [0.29, 0.717) is 17.3 Å². The van der Waals surface area contributed by atoms with Crippen LogP contribution in [0, 0.1) is 12.7 Å². The van der Waals surface area contributed by atoms with Crippen LogP contribution < -0.4 is 10.1 Å². The Labute approximate surface area is 163 Å². The highest BCUT2D eigenvalue weighted by atomic mass is 79.9. The Morgan fingerprint density at radius 1 is 1.35 bits per heavy atom. The van der Waals surface area contributed by atoms with Crippen molar-refractivity contribution in [3.63, 3.8) is 0 Å². The third kappa shape index (κ3) is 3.82. The van der Waals surface area contributed by atoms with E-state index in [-0.39, 0.29) is 0 Å². The van der Waals surface area contributed by atoms with Crippen molar-refractivity contribution in [2.24, 2.45) is 0 Å². The maximum Gasteiger partial charge on any atom is 0.146 e. The lowest BCUT2D eigenvalue weighted by Crippen LogP contribution is -2.38. The number of rotatable bonds is 5. The van der Waals surface area contributed by atoms with Crippen molar-refractivity contribution < 1.29 is 14.2 Å². The first kappa shape index (κ1) is 19.0. The number of thiophene rings is 1. The molecule has 2 aromatic heterocycles. The maximum atomic E-state index is 13.8. The van der Waals surface area contributed by atoms with E-state index < -0.39 is 17.5 Å². The number of benzene rings is 1. The Balaban J connectivity index is 2.01. The topological polar surface area (TPSA) is 67.3 Å². The fourth-order valence-electron chi connectivity index (χ4n) is 2.30. The summed E-state index contributed by atoms with van der Waals surface area (Å²) in [6, 6.07) is 4.23. The van der Waals surface area contributed by atoms with E-state index >= 15 is 0 Å². The van der Waals surface area contributed by atoms with E-state index in [4.69, 9.17) is 4.74 Å². The molecule has 0 saturated heterocycles. The molecule has 8 heteroatoms. The van der Waals surface area contributed by atoms with Crippen molar-refractivity contribution in [2.75, 3.05) is 5.32 Å². The highest BCUT2D eigenvalue weighted by molar-refractivity contribution is 9.11. The van der Waals surface area contributed by atoms with Gasteiger partial charge >= 0.3 is 0 Å². The molecule has 1 aromatic carbocycles. The number of anilines is 2. The SMILES string of the molecule is Cc1c(Br)sc2ncnc(Nc3ccc(F)cc3OC(C)C(C)(C)O)c12. The van der Waals surface area contributed by atoms with Gasteiger partial charge in [-0.05, 0) is 61.3 Å². The van der Waals surface area contributed by atoms with Crippen molar-refractivity contribution in [1.29, 1.82) is 0 Å². The monoisotopic (exact) mass is 439 g/mol. The predicted octanol–water partition coefficient (Wildman–Crippen LogP) is 5.18. The fourth-order valence-corrected chi connectivity index (χ4v) is 3.83. The minimum Gasteiger partial charge on any atom is -0.485 e. The van der Waals surface area contributed by atoms with E-state index in [9.17, 15) is 9.50 Å². The summed E-state index contributed by atoms with van der Waals surface area (Å²) in [5.74, 6) is 0.496. The Kier molecular flexibility index (Phi) is 5.18. The van der Waals surface area contributed by atoms with E-state index in [1.54, 1.807) is 26.8 Å². The number of halogens is 2. The summed E-state index contributed by atoms with van der Waals surface area (Å²) >= 11 is 5.05. The summed E-state index contributed by atoms with van der Waals surface area (Å²) in [6.07, 6.45) is 0.948. The van der Waals surface area contributed by atoms with Crippen molar-refractivity contribution in [2.45, 2.75) is 39.4 Å². The second-order valence-electron chi connectivity index (χ2n) is 6.58. The molecule has 0 amide bonds. The van der Waals surface area contributed by atoms with Crippen LogP contribution in [0.1, 0.15) is 26.3 Å². The molecule has 0 spiro atoms. The van der Waals surface area contributed by atoms with Crippen molar-refractivity contribution in [3.8, 4) is 5.75 Å². The summed E-state index contributed by atoms with van der Waals surface area (Å²) in [7, 11) is 0.